The van der Waals surface area contributed by atoms with Crippen molar-refractivity contribution < 1.29 is 22.7 Å². The van der Waals surface area contributed by atoms with Crippen LogP contribution in [-0.2, 0) is 10.9 Å². The lowest BCUT2D eigenvalue weighted by atomic mass is 10.1. The average Bonchev–Trinajstić information content (AvgIpc) is 2.37. The van der Waals surface area contributed by atoms with Gasteiger partial charge < -0.3 is 9.64 Å². The Balaban J connectivity index is 2.40. The second kappa shape index (κ2) is 5.38. The van der Waals surface area contributed by atoms with Crippen LogP contribution >= 0.6 is 11.6 Å². The summed E-state index contributed by atoms with van der Waals surface area (Å²) in [5.41, 5.74) is -1.49. The van der Waals surface area contributed by atoms with Gasteiger partial charge in [0, 0.05) is 13.1 Å². The third kappa shape index (κ3) is 3.01. The average molecular weight is 294 g/mol. The van der Waals surface area contributed by atoms with E-state index in [1.165, 1.54) is 17.0 Å². The summed E-state index contributed by atoms with van der Waals surface area (Å²) in [4.78, 5) is 13.5. The zero-order chi connectivity index (χ0) is 14.0. The minimum Gasteiger partial charge on any atom is -0.378 e. The van der Waals surface area contributed by atoms with Gasteiger partial charge in [-0.05, 0) is 12.1 Å². The number of hydrogen-bond acceptors (Lipinski definition) is 2. The van der Waals surface area contributed by atoms with Crippen molar-refractivity contribution in [2.45, 2.75) is 6.18 Å². The lowest BCUT2D eigenvalue weighted by Crippen LogP contribution is -2.41. The van der Waals surface area contributed by atoms with Gasteiger partial charge in [-0.2, -0.15) is 13.2 Å². The molecular formula is C12H11ClF3NO2. The molecule has 104 valence electrons. The normalized spacial score (nSPS) is 16.5. The lowest BCUT2D eigenvalue weighted by molar-refractivity contribution is -0.138. The number of ether oxygens (including phenoxy) is 1. The van der Waals surface area contributed by atoms with E-state index in [2.05, 4.69) is 0 Å². The van der Waals surface area contributed by atoms with Gasteiger partial charge in [0.1, 0.15) is 0 Å². The smallest absolute Gasteiger partial charge is 0.378 e. The van der Waals surface area contributed by atoms with Crippen LogP contribution in [0.1, 0.15) is 15.9 Å². The zero-order valence-electron chi connectivity index (χ0n) is 9.84. The van der Waals surface area contributed by atoms with Gasteiger partial charge in [-0.15, -0.1) is 0 Å². The van der Waals surface area contributed by atoms with Gasteiger partial charge in [0.2, 0.25) is 0 Å². The van der Waals surface area contributed by atoms with Gasteiger partial charge in [0.25, 0.3) is 5.91 Å². The highest BCUT2D eigenvalue weighted by atomic mass is 35.5. The molecule has 1 aliphatic rings. The number of carbonyl (C=O) groups excluding carboxylic acids is 1. The molecule has 1 fully saturated rings. The zero-order valence-corrected chi connectivity index (χ0v) is 10.6. The molecule has 0 aliphatic carbocycles. The van der Waals surface area contributed by atoms with E-state index in [1.807, 2.05) is 0 Å². The molecule has 7 heteroatoms. The summed E-state index contributed by atoms with van der Waals surface area (Å²) in [5.74, 6) is -0.707. The summed E-state index contributed by atoms with van der Waals surface area (Å²) >= 11 is 5.77. The van der Waals surface area contributed by atoms with Crippen molar-refractivity contribution in [1.29, 1.82) is 0 Å². The Morgan fingerprint density at radius 2 is 1.89 bits per heavy atom. The predicted octanol–water partition coefficient (Wildman–Crippen LogP) is 2.83. The van der Waals surface area contributed by atoms with Crippen LogP contribution in [0.2, 0.25) is 5.02 Å². The maximum absolute atomic E-state index is 12.9. The molecule has 1 aromatic rings. The van der Waals surface area contributed by atoms with E-state index in [0.717, 1.165) is 6.07 Å². The van der Waals surface area contributed by atoms with Crippen LogP contribution in [0.5, 0.6) is 0 Å². The molecule has 1 aliphatic heterocycles. The molecule has 0 unspecified atom stereocenters. The maximum atomic E-state index is 12.9. The van der Waals surface area contributed by atoms with Gasteiger partial charge in [-0.25, -0.2) is 0 Å². The minimum atomic E-state index is -4.61. The van der Waals surface area contributed by atoms with Crippen LogP contribution in [0.4, 0.5) is 13.2 Å². The molecular weight excluding hydrogens is 283 g/mol. The SMILES string of the molecule is O=C(c1c(Cl)cccc1C(F)(F)F)N1CCOCC1. The Labute approximate surface area is 112 Å². The molecule has 1 amide bonds. The fraction of sp³-hybridized carbons (Fsp3) is 0.417. The standard InChI is InChI=1S/C12H11ClF3NO2/c13-9-3-1-2-8(12(14,15)16)10(9)11(18)17-4-6-19-7-5-17/h1-3H,4-7H2. The van der Waals surface area contributed by atoms with Crippen LogP contribution in [0.15, 0.2) is 18.2 Å². The fourth-order valence-electron chi connectivity index (χ4n) is 1.90. The van der Waals surface area contributed by atoms with Crippen molar-refractivity contribution >= 4 is 17.5 Å². The van der Waals surface area contributed by atoms with Crippen LogP contribution in [-0.4, -0.2) is 37.1 Å². The van der Waals surface area contributed by atoms with Crippen LogP contribution in [0.3, 0.4) is 0 Å². The molecule has 0 radical (unpaired) electrons. The molecule has 1 saturated heterocycles. The number of carbonyl (C=O) groups is 1. The lowest BCUT2D eigenvalue weighted by Gasteiger charge is -2.28. The van der Waals surface area contributed by atoms with Crippen molar-refractivity contribution in [2.75, 3.05) is 26.3 Å². The number of halogens is 4. The summed E-state index contributed by atoms with van der Waals surface area (Å²) in [5, 5.41) is -0.189. The van der Waals surface area contributed by atoms with Crippen LogP contribution < -0.4 is 0 Å². The Kier molecular flexibility index (Phi) is 4.01. The number of benzene rings is 1. The van der Waals surface area contributed by atoms with E-state index in [9.17, 15) is 18.0 Å². The monoisotopic (exact) mass is 293 g/mol. The first-order valence-corrected chi connectivity index (χ1v) is 6.02. The molecule has 0 atom stereocenters. The van der Waals surface area contributed by atoms with E-state index in [0.29, 0.717) is 13.2 Å². The highest BCUT2D eigenvalue weighted by Crippen LogP contribution is 2.35. The Morgan fingerprint density at radius 3 is 2.47 bits per heavy atom. The summed E-state index contributed by atoms with van der Waals surface area (Å²) in [6, 6.07) is 3.32. The van der Waals surface area contributed by atoms with E-state index < -0.39 is 23.2 Å². The molecule has 1 aromatic carbocycles. The number of nitrogens with zero attached hydrogens (tertiary/aromatic N) is 1. The van der Waals surface area contributed by atoms with E-state index in [1.54, 1.807) is 0 Å². The van der Waals surface area contributed by atoms with E-state index in [-0.39, 0.29) is 18.1 Å². The van der Waals surface area contributed by atoms with Gasteiger partial charge in [-0.1, -0.05) is 17.7 Å². The molecule has 3 nitrogen and oxygen atoms in total. The highest BCUT2D eigenvalue weighted by Gasteiger charge is 2.37. The molecule has 0 aromatic heterocycles. The van der Waals surface area contributed by atoms with Gasteiger partial charge in [-0.3, -0.25) is 4.79 Å². The summed E-state index contributed by atoms with van der Waals surface area (Å²) in [6.07, 6.45) is -4.61. The number of alkyl halides is 3. The third-order valence-corrected chi connectivity index (χ3v) is 3.15. The molecule has 0 bridgehead atoms. The van der Waals surface area contributed by atoms with E-state index >= 15 is 0 Å². The minimum absolute atomic E-state index is 0.189. The molecule has 1 heterocycles. The van der Waals surface area contributed by atoms with E-state index in [4.69, 9.17) is 16.3 Å². The topological polar surface area (TPSA) is 29.5 Å². The number of hydrogen-bond donors (Lipinski definition) is 0. The van der Waals surface area contributed by atoms with Crippen LogP contribution in [0, 0.1) is 0 Å². The molecule has 0 saturated carbocycles. The van der Waals surface area contributed by atoms with Crippen LogP contribution in [0.25, 0.3) is 0 Å². The van der Waals surface area contributed by atoms with Crippen molar-refractivity contribution in [1.82, 2.24) is 4.90 Å². The summed E-state index contributed by atoms with van der Waals surface area (Å²) < 4.78 is 43.8. The molecule has 19 heavy (non-hydrogen) atoms. The Morgan fingerprint density at radius 1 is 1.26 bits per heavy atom. The van der Waals surface area contributed by atoms with Gasteiger partial charge in [0.15, 0.2) is 0 Å². The van der Waals surface area contributed by atoms with Crippen molar-refractivity contribution in [3.8, 4) is 0 Å². The predicted molar refractivity (Wildman–Crippen MR) is 63.2 cm³/mol. The first kappa shape index (κ1) is 14.1. The fourth-order valence-corrected chi connectivity index (χ4v) is 2.16. The molecule has 2 rings (SSSR count). The van der Waals surface area contributed by atoms with Gasteiger partial charge >= 0.3 is 6.18 Å². The quantitative estimate of drug-likeness (QED) is 0.797. The second-order valence-electron chi connectivity index (χ2n) is 4.06. The molecule has 0 spiro atoms. The number of amides is 1. The number of rotatable bonds is 1. The second-order valence-corrected chi connectivity index (χ2v) is 4.47. The Bertz CT molecular complexity index is 484. The number of morpholine rings is 1. The highest BCUT2D eigenvalue weighted by molar-refractivity contribution is 6.34. The van der Waals surface area contributed by atoms with Gasteiger partial charge in [0.05, 0.1) is 29.4 Å². The molecule has 0 N–H and O–H groups in total. The summed E-state index contributed by atoms with van der Waals surface area (Å²) in [7, 11) is 0. The Hall–Kier alpha value is -1.27. The van der Waals surface area contributed by atoms with Crippen molar-refractivity contribution in [2.24, 2.45) is 0 Å². The largest absolute Gasteiger partial charge is 0.417 e. The van der Waals surface area contributed by atoms with Crippen molar-refractivity contribution in [3.63, 3.8) is 0 Å². The van der Waals surface area contributed by atoms with Crippen molar-refractivity contribution in [3.05, 3.63) is 34.3 Å². The maximum Gasteiger partial charge on any atom is 0.417 e. The summed E-state index contributed by atoms with van der Waals surface area (Å²) in [6.45, 7) is 1.16. The third-order valence-electron chi connectivity index (χ3n) is 2.83. The first-order valence-electron chi connectivity index (χ1n) is 5.64. The first-order chi connectivity index (χ1) is 8.91.